The Morgan fingerprint density at radius 3 is 1.93 bits per heavy atom. The van der Waals surface area contributed by atoms with Gasteiger partial charge in [0.2, 0.25) is 5.95 Å². The summed E-state index contributed by atoms with van der Waals surface area (Å²) in [4.78, 5) is 15.7. The standard InChI is InChI=1S/C49H35N5O/c1-2-3-14-31-23-25-36-37-26-24-33(28-43(37)53(42(36)27-31)34-17-8-5-9-18-34)48-50-47(32-15-6-4-7-16-32)51-49(52-48)54-41-21-12-10-19-35(41)39-29-40-38-20-11-13-22-45(38)55-46(40)30-44(39)54/h4-13,15-30H,2-3,14H2,1H3. The molecule has 0 saturated carbocycles. The molecule has 0 aliphatic heterocycles. The number of aryl methyl sites for hydroxylation is 1. The number of fused-ring (bicyclic) bond motifs is 9. The smallest absolute Gasteiger partial charge is 0.238 e. The molecule has 0 atom stereocenters. The normalized spacial score (nSPS) is 11.9. The van der Waals surface area contributed by atoms with Crippen LogP contribution in [0.3, 0.4) is 0 Å². The number of hydrogen-bond acceptors (Lipinski definition) is 4. The number of furan rings is 1. The van der Waals surface area contributed by atoms with E-state index in [-0.39, 0.29) is 0 Å². The Balaban J connectivity index is 1.17. The van der Waals surface area contributed by atoms with Crippen molar-refractivity contribution in [2.75, 3.05) is 0 Å². The molecular weight excluding hydrogens is 675 g/mol. The molecule has 0 radical (unpaired) electrons. The van der Waals surface area contributed by atoms with Crippen molar-refractivity contribution >= 4 is 65.6 Å². The Labute approximate surface area is 317 Å². The number of para-hydroxylation sites is 3. The van der Waals surface area contributed by atoms with Crippen molar-refractivity contribution < 1.29 is 4.42 Å². The number of rotatable bonds is 7. The molecule has 0 unspecified atom stereocenters. The molecule has 0 saturated heterocycles. The second-order valence-corrected chi connectivity index (χ2v) is 14.3. The highest BCUT2D eigenvalue weighted by atomic mass is 16.3. The van der Waals surface area contributed by atoms with E-state index in [4.69, 9.17) is 19.4 Å². The van der Waals surface area contributed by atoms with Crippen LogP contribution in [0, 0.1) is 0 Å². The van der Waals surface area contributed by atoms with Crippen LogP contribution in [-0.4, -0.2) is 24.1 Å². The van der Waals surface area contributed by atoms with Gasteiger partial charge in [-0.3, -0.25) is 4.57 Å². The summed E-state index contributed by atoms with van der Waals surface area (Å²) >= 11 is 0. The first-order chi connectivity index (χ1) is 27.2. The largest absolute Gasteiger partial charge is 0.456 e. The van der Waals surface area contributed by atoms with E-state index in [0.717, 1.165) is 72.5 Å². The number of unbranched alkanes of at least 4 members (excludes halogenated alkanes) is 1. The zero-order valence-electron chi connectivity index (χ0n) is 30.3. The zero-order chi connectivity index (χ0) is 36.5. The van der Waals surface area contributed by atoms with E-state index in [1.165, 1.54) is 34.7 Å². The molecule has 262 valence electrons. The molecule has 11 aromatic rings. The lowest BCUT2D eigenvalue weighted by molar-refractivity contribution is 0.669. The van der Waals surface area contributed by atoms with Gasteiger partial charge in [-0.1, -0.05) is 123 Å². The van der Waals surface area contributed by atoms with Crippen LogP contribution in [0.25, 0.3) is 100.0 Å². The van der Waals surface area contributed by atoms with Crippen molar-refractivity contribution in [1.82, 2.24) is 24.1 Å². The van der Waals surface area contributed by atoms with Crippen molar-refractivity contribution in [1.29, 1.82) is 0 Å². The van der Waals surface area contributed by atoms with E-state index in [9.17, 15) is 0 Å². The fourth-order valence-corrected chi connectivity index (χ4v) is 8.31. The molecule has 0 aliphatic carbocycles. The maximum Gasteiger partial charge on any atom is 0.238 e. The van der Waals surface area contributed by atoms with Gasteiger partial charge in [-0.05, 0) is 60.9 Å². The molecule has 4 heterocycles. The van der Waals surface area contributed by atoms with Crippen LogP contribution >= 0.6 is 0 Å². The molecule has 7 aromatic carbocycles. The molecule has 0 spiro atoms. The predicted molar refractivity (Wildman–Crippen MR) is 225 cm³/mol. The highest BCUT2D eigenvalue weighted by Gasteiger charge is 2.21. The van der Waals surface area contributed by atoms with Crippen LogP contribution in [0.1, 0.15) is 25.3 Å². The lowest BCUT2D eigenvalue weighted by Crippen LogP contribution is -2.06. The molecule has 0 aliphatic rings. The predicted octanol–water partition coefficient (Wildman–Crippen LogP) is 12.6. The van der Waals surface area contributed by atoms with Gasteiger partial charge in [-0.15, -0.1) is 0 Å². The van der Waals surface area contributed by atoms with Gasteiger partial charge in [0.25, 0.3) is 0 Å². The van der Waals surface area contributed by atoms with Crippen LogP contribution in [0.15, 0.2) is 162 Å². The van der Waals surface area contributed by atoms with Gasteiger partial charge in [-0.25, -0.2) is 4.98 Å². The number of aromatic nitrogens is 5. The molecule has 0 N–H and O–H groups in total. The summed E-state index contributed by atoms with van der Waals surface area (Å²) in [6, 6.07) is 55.5. The van der Waals surface area contributed by atoms with Crippen molar-refractivity contribution in [2.45, 2.75) is 26.2 Å². The lowest BCUT2D eigenvalue weighted by Gasteiger charge is -2.12. The number of benzene rings is 7. The van der Waals surface area contributed by atoms with E-state index < -0.39 is 0 Å². The Bertz CT molecular complexity index is 3250. The molecular formula is C49H35N5O. The maximum absolute atomic E-state index is 6.40. The third kappa shape index (κ3) is 5.06. The highest BCUT2D eigenvalue weighted by Crippen LogP contribution is 2.39. The fraction of sp³-hybridized carbons (Fsp3) is 0.0816. The quantitative estimate of drug-likeness (QED) is 0.165. The van der Waals surface area contributed by atoms with Crippen LogP contribution in [0.5, 0.6) is 0 Å². The lowest BCUT2D eigenvalue weighted by atomic mass is 10.0. The Hall–Kier alpha value is -7.05. The molecule has 11 rings (SSSR count). The highest BCUT2D eigenvalue weighted by molar-refractivity contribution is 6.17. The van der Waals surface area contributed by atoms with E-state index in [0.29, 0.717) is 17.6 Å². The third-order valence-corrected chi connectivity index (χ3v) is 11.0. The summed E-state index contributed by atoms with van der Waals surface area (Å²) in [5.41, 5.74) is 10.3. The van der Waals surface area contributed by atoms with Crippen molar-refractivity contribution in [3.05, 3.63) is 163 Å². The third-order valence-electron chi connectivity index (χ3n) is 11.0. The van der Waals surface area contributed by atoms with Gasteiger partial charge in [0.15, 0.2) is 11.6 Å². The summed E-state index contributed by atoms with van der Waals surface area (Å²) in [5.74, 6) is 1.77. The first-order valence-electron chi connectivity index (χ1n) is 19.0. The first-order valence-corrected chi connectivity index (χ1v) is 19.0. The summed E-state index contributed by atoms with van der Waals surface area (Å²) in [7, 11) is 0. The second-order valence-electron chi connectivity index (χ2n) is 14.3. The Kier molecular flexibility index (Phi) is 7.17. The van der Waals surface area contributed by atoms with E-state index in [1.807, 2.05) is 30.3 Å². The summed E-state index contributed by atoms with van der Waals surface area (Å²) in [5, 5.41) is 6.86. The topological polar surface area (TPSA) is 61.7 Å². The van der Waals surface area contributed by atoms with Crippen LogP contribution in [-0.2, 0) is 6.42 Å². The van der Waals surface area contributed by atoms with Crippen LogP contribution < -0.4 is 0 Å². The Morgan fingerprint density at radius 2 is 1.11 bits per heavy atom. The monoisotopic (exact) mass is 709 g/mol. The summed E-state index contributed by atoms with van der Waals surface area (Å²) in [6.07, 6.45) is 3.40. The van der Waals surface area contributed by atoms with Gasteiger partial charge in [0.05, 0.1) is 22.1 Å². The first kappa shape index (κ1) is 31.5. The second kappa shape index (κ2) is 12.5. The van der Waals surface area contributed by atoms with Gasteiger partial charge in [0.1, 0.15) is 11.2 Å². The minimum absolute atomic E-state index is 0.551. The van der Waals surface area contributed by atoms with Gasteiger partial charge in [-0.2, -0.15) is 9.97 Å². The summed E-state index contributed by atoms with van der Waals surface area (Å²) in [6.45, 7) is 2.25. The average Bonchev–Trinajstić information content (AvgIpc) is 3.89. The molecule has 4 aromatic heterocycles. The van der Waals surface area contributed by atoms with Gasteiger partial charge < -0.3 is 8.98 Å². The number of nitrogens with zero attached hydrogens (tertiary/aromatic N) is 5. The van der Waals surface area contributed by atoms with Crippen molar-refractivity contribution in [3.8, 4) is 34.4 Å². The number of hydrogen-bond donors (Lipinski definition) is 0. The molecule has 6 nitrogen and oxygen atoms in total. The fourth-order valence-electron chi connectivity index (χ4n) is 8.31. The maximum atomic E-state index is 6.40. The minimum Gasteiger partial charge on any atom is -0.456 e. The zero-order valence-corrected chi connectivity index (χ0v) is 30.3. The SMILES string of the molecule is CCCCc1ccc2c3ccc(-c4nc(-c5ccccc5)nc(-n5c6ccccc6c6cc7c(cc65)oc5ccccc57)n4)cc3n(-c3ccccc3)c2c1. The molecule has 55 heavy (non-hydrogen) atoms. The molecule has 6 heteroatoms. The van der Waals surface area contributed by atoms with Gasteiger partial charge >= 0.3 is 0 Å². The van der Waals surface area contributed by atoms with E-state index in [2.05, 4.69) is 143 Å². The van der Waals surface area contributed by atoms with E-state index in [1.54, 1.807) is 0 Å². The molecule has 0 fully saturated rings. The minimum atomic E-state index is 0.551. The van der Waals surface area contributed by atoms with Crippen molar-refractivity contribution in [2.24, 2.45) is 0 Å². The van der Waals surface area contributed by atoms with Crippen LogP contribution in [0.2, 0.25) is 0 Å². The van der Waals surface area contributed by atoms with Gasteiger partial charge in [0, 0.05) is 55.2 Å². The Morgan fingerprint density at radius 1 is 0.455 bits per heavy atom. The average molecular weight is 710 g/mol. The molecule has 0 bridgehead atoms. The van der Waals surface area contributed by atoms with E-state index >= 15 is 0 Å². The molecule has 0 amide bonds. The summed E-state index contributed by atoms with van der Waals surface area (Å²) < 4.78 is 10.9. The van der Waals surface area contributed by atoms with Crippen LogP contribution in [0.4, 0.5) is 0 Å². The van der Waals surface area contributed by atoms with Crippen molar-refractivity contribution in [3.63, 3.8) is 0 Å².